The molecule has 3 heteroatoms. The normalized spacial score (nSPS) is 26.2. The molecule has 108 valence electrons. The average molecular weight is 255 g/mol. The predicted octanol–water partition coefficient (Wildman–Crippen LogP) is 2.31. The van der Waals surface area contributed by atoms with E-state index in [4.69, 9.17) is 5.73 Å². The van der Waals surface area contributed by atoms with Crippen LogP contribution >= 0.6 is 0 Å². The summed E-state index contributed by atoms with van der Waals surface area (Å²) in [6, 6.07) is 0.628. The predicted molar refractivity (Wildman–Crippen MR) is 79.9 cm³/mol. The molecule has 0 saturated carbocycles. The molecule has 1 heterocycles. The molecule has 1 fully saturated rings. The number of unbranched alkanes of at least 4 members (excludes halogenated alkanes) is 3. The van der Waals surface area contributed by atoms with Crippen LogP contribution in [0.1, 0.15) is 52.9 Å². The van der Waals surface area contributed by atoms with Crippen LogP contribution in [0, 0.1) is 0 Å². The first-order chi connectivity index (χ1) is 8.53. The molecule has 18 heavy (non-hydrogen) atoms. The lowest BCUT2D eigenvalue weighted by Gasteiger charge is -2.49. The molecule has 0 bridgehead atoms. The molecule has 0 radical (unpaired) electrons. The van der Waals surface area contributed by atoms with Crippen molar-refractivity contribution < 1.29 is 0 Å². The molecule has 1 rings (SSSR count). The minimum atomic E-state index is 0.203. The van der Waals surface area contributed by atoms with E-state index in [0.29, 0.717) is 6.04 Å². The molecule has 2 unspecified atom stereocenters. The van der Waals surface area contributed by atoms with Crippen LogP contribution in [0.2, 0.25) is 0 Å². The highest BCUT2D eigenvalue weighted by atomic mass is 15.3. The number of piperazine rings is 1. The van der Waals surface area contributed by atoms with Crippen LogP contribution < -0.4 is 5.73 Å². The zero-order chi connectivity index (χ0) is 13.6. The zero-order valence-corrected chi connectivity index (χ0v) is 12.9. The highest BCUT2D eigenvalue weighted by molar-refractivity contribution is 4.93. The lowest BCUT2D eigenvalue weighted by molar-refractivity contribution is 0.00688. The zero-order valence-electron chi connectivity index (χ0n) is 12.9. The average Bonchev–Trinajstić information content (AvgIpc) is 2.34. The Morgan fingerprint density at radius 2 is 1.94 bits per heavy atom. The minimum absolute atomic E-state index is 0.203. The monoisotopic (exact) mass is 255 g/mol. The van der Waals surface area contributed by atoms with Gasteiger partial charge in [-0.15, -0.1) is 0 Å². The fourth-order valence-corrected chi connectivity index (χ4v) is 3.24. The number of rotatable bonds is 7. The van der Waals surface area contributed by atoms with E-state index >= 15 is 0 Å². The number of hydrogen-bond donors (Lipinski definition) is 1. The molecule has 1 saturated heterocycles. The van der Waals surface area contributed by atoms with Crippen molar-refractivity contribution in [2.45, 2.75) is 64.5 Å². The van der Waals surface area contributed by atoms with E-state index in [1.165, 1.54) is 51.7 Å². The van der Waals surface area contributed by atoms with Crippen LogP contribution in [0.25, 0.3) is 0 Å². The number of likely N-dealkylation sites (N-methyl/N-ethyl adjacent to an activating group) is 1. The van der Waals surface area contributed by atoms with Crippen molar-refractivity contribution in [3.63, 3.8) is 0 Å². The number of nitrogens with two attached hydrogens (primary N) is 1. The van der Waals surface area contributed by atoms with Crippen LogP contribution in [0.5, 0.6) is 0 Å². The van der Waals surface area contributed by atoms with E-state index in [9.17, 15) is 0 Å². The van der Waals surface area contributed by atoms with E-state index < -0.39 is 0 Å². The Hall–Kier alpha value is -0.120. The van der Waals surface area contributed by atoms with Gasteiger partial charge in [0, 0.05) is 37.8 Å². The van der Waals surface area contributed by atoms with E-state index in [1.807, 2.05) is 0 Å². The van der Waals surface area contributed by atoms with Gasteiger partial charge in [-0.05, 0) is 27.3 Å². The third kappa shape index (κ3) is 4.22. The van der Waals surface area contributed by atoms with Gasteiger partial charge < -0.3 is 10.6 Å². The van der Waals surface area contributed by atoms with Gasteiger partial charge >= 0.3 is 0 Å². The molecular formula is C15H33N3. The Labute approximate surface area is 114 Å². The smallest absolute Gasteiger partial charge is 0.0307 e. The van der Waals surface area contributed by atoms with Crippen molar-refractivity contribution in [1.29, 1.82) is 0 Å². The first-order valence-corrected chi connectivity index (χ1v) is 7.69. The molecule has 0 aromatic carbocycles. The van der Waals surface area contributed by atoms with Gasteiger partial charge in [0.2, 0.25) is 0 Å². The maximum atomic E-state index is 6.09. The van der Waals surface area contributed by atoms with Crippen molar-refractivity contribution in [2.75, 3.05) is 33.2 Å². The topological polar surface area (TPSA) is 32.5 Å². The molecule has 1 aliphatic rings. The summed E-state index contributed by atoms with van der Waals surface area (Å²) in [5.41, 5.74) is 6.30. The fourth-order valence-electron chi connectivity index (χ4n) is 3.24. The maximum Gasteiger partial charge on any atom is 0.0307 e. The Bertz CT molecular complexity index is 232. The summed E-state index contributed by atoms with van der Waals surface area (Å²) in [5.74, 6) is 0. The molecular weight excluding hydrogens is 222 g/mol. The van der Waals surface area contributed by atoms with E-state index in [0.717, 1.165) is 6.54 Å². The summed E-state index contributed by atoms with van der Waals surface area (Å²) in [7, 11) is 2.22. The van der Waals surface area contributed by atoms with Gasteiger partial charge in [-0.3, -0.25) is 4.90 Å². The Balaban J connectivity index is 2.51. The van der Waals surface area contributed by atoms with Gasteiger partial charge in [-0.25, -0.2) is 0 Å². The van der Waals surface area contributed by atoms with Crippen LogP contribution in [0.15, 0.2) is 0 Å². The second-order valence-corrected chi connectivity index (χ2v) is 6.32. The largest absolute Gasteiger partial charge is 0.329 e. The first kappa shape index (κ1) is 15.9. The van der Waals surface area contributed by atoms with Crippen LogP contribution in [-0.4, -0.2) is 54.6 Å². The van der Waals surface area contributed by atoms with Gasteiger partial charge in [0.05, 0.1) is 0 Å². The summed E-state index contributed by atoms with van der Waals surface area (Å²) in [6.45, 7) is 11.3. The number of hydrogen-bond acceptors (Lipinski definition) is 3. The summed E-state index contributed by atoms with van der Waals surface area (Å²) >= 11 is 0. The quantitative estimate of drug-likeness (QED) is 0.709. The molecule has 2 N–H and O–H groups in total. The second kappa shape index (κ2) is 7.46. The van der Waals surface area contributed by atoms with Gasteiger partial charge in [0.15, 0.2) is 0 Å². The Morgan fingerprint density at radius 3 is 2.50 bits per heavy atom. The second-order valence-electron chi connectivity index (χ2n) is 6.32. The molecule has 2 atom stereocenters. The molecule has 0 amide bonds. The summed E-state index contributed by atoms with van der Waals surface area (Å²) in [5, 5.41) is 0. The van der Waals surface area contributed by atoms with Crippen LogP contribution in [0.3, 0.4) is 0 Å². The SMILES string of the molecule is CCCCCCC(C)(CN)N1CCN(C)CC1C. The summed E-state index contributed by atoms with van der Waals surface area (Å²) in [6.07, 6.45) is 6.59. The molecule has 0 aromatic rings. The van der Waals surface area contributed by atoms with Crippen molar-refractivity contribution >= 4 is 0 Å². The minimum Gasteiger partial charge on any atom is -0.329 e. The molecule has 0 aromatic heterocycles. The van der Waals surface area contributed by atoms with Gasteiger partial charge in [-0.1, -0.05) is 32.6 Å². The van der Waals surface area contributed by atoms with E-state index in [-0.39, 0.29) is 5.54 Å². The molecule has 1 aliphatic heterocycles. The third-order valence-corrected chi connectivity index (χ3v) is 4.53. The fraction of sp³-hybridized carbons (Fsp3) is 1.00. The van der Waals surface area contributed by atoms with Crippen molar-refractivity contribution in [2.24, 2.45) is 5.73 Å². The maximum absolute atomic E-state index is 6.09. The van der Waals surface area contributed by atoms with Gasteiger partial charge in [0.25, 0.3) is 0 Å². The molecule has 0 spiro atoms. The lowest BCUT2D eigenvalue weighted by atomic mass is 9.89. The highest BCUT2D eigenvalue weighted by Crippen LogP contribution is 2.26. The lowest BCUT2D eigenvalue weighted by Crippen LogP contribution is -2.62. The standard InChI is InChI=1S/C15H33N3/c1-5-6-7-8-9-15(3,13-16)18-11-10-17(4)12-14(18)2/h14H,5-13,16H2,1-4H3. The summed E-state index contributed by atoms with van der Waals surface area (Å²) in [4.78, 5) is 5.08. The van der Waals surface area contributed by atoms with Gasteiger partial charge in [0.1, 0.15) is 0 Å². The molecule has 0 aliphatic carbocycles. The van der Waals surface area contributed by atoms with Gasteiger partial charge in [-0.2, -0.15) is 0 Å². The Kier molecular flexibility index (Phi) is 6.61. The van der Waals surface area contributed by atoms with E-state index in [1.54, 1.807) is 0 Å². The van der Waals surface area contributed by atoms with Crippen LogP contribution in [-0.2, 0) is 0 Å². The van der Waals surface area contributed by atoms with Crippen molar-refractivity contribution in [3.8, 4) is 0 Å². The van der Waals surface area contributed by atoms with Crippen molar-refractivity contribution in [1.82, 2.24) is 9.80 Å². The van der Waals surface area contributed by atoms with Crippen molar-refractivity contribution in [3.05, 3.63) is 0 Å². The van der Waals surface area contributed by atoms with Crippen LogP contribution in [0.4, 0.5) is 0 Å². The third-order valence-electron chi connectivity index (χ3n) is 4.53. The summed E-state index contributed by atoms with van der Waals surface area (Å²) < 4.78 is 0. The molecule has 3 nitrogen and oxygen atoms in total. The first-order valence-electron chi connectivity index (χ1n) is 7.69. The highest BCUT2D eigenvalue weighted by Gasteiger charge is 2.35. The van der Waals surface area contributed by atoms with E-state index in [2.05, 4.69) is 37.6 Å². The Morgan fingerprint density at radius 1 is 1.22 bits per heavy atom. The number of nitrogens with zero attached hydrogens (tertiary/aromatic N) is 2.